The molecule has 4 unspecified atom stereocenters. The summed E-state index contributed by atoms with van der Waals surface area (Å²) < 4.78 is 0. The third-order valence-corrected chi connectivity index (χ3v) is 4.01. The van der Waals surface area contributed by atoms with Gasteiger partial charge in [-0.3, -0.25) is 14.5 Å². The summed E-state index contributed by atoms with van der Waals surface area (Å²) in [4.78, 5) is 25.2. The van der Waals surface area contributed by atoms with Crippen LogP contribution in [0.15, 0.2) is 0 Å². The van der Waals surface area contributed by atoms with Crippen molar-refractivity contribution in [1.82, 2.24) is 4.90 Å². The molecular formula is C11H16N2O2. The molecule has 1 heterocycles. The molecule has 2 amide bonds. The van der Waals surface area contributed by atoms with Crippen LogP contribution in [0.2, 0.25) is 0 Å². The van der Waals surface area contributed by atoms with Crippen LogP contribution in [0.3, 0.4) is 0 Å². The minimum atomic E-state index is -0.00782. The quantitative estimate of drug-likeness (QED) is 0.629. The fourth-order valence-electron chi connectivity index (χ4n) is 2.99. The number of fused-ring (bicyclic) bond motifs is 1. The lowest BCUT2D eigenvalue weighted by molar-refractivity contribution is -0.145. The molecule has 4 atom stereocenters. The van der Waals surface area contributed by atoms with Crippen LogP contribution in [0.4, 0.5) is 0 Å². The highest BCUT2D eigenvalue weighted by molar-refractivity contribution is 6.09. The molecule has 0 spiro atoms. The maximum Gasteiger partial charge on any atom is 0.233 e. The molecule has 0 aromatic heterocycles. The Kier molecular flexibility index (Phi) is 1.89. The summed E-state index contributed by atoms with van der Waals surface area (Å²) in [6, 6.07) is -0.00398. The van der Waals surface area contributed by atoms with Crippen LogP contribution in [-0.4, -0.2) is 28.8 Å². The van der Waals surface area contributed by atoms with Gasteiger partial charge in [0.2, 0.25) is 11.8 Å². The van der Waals surface area contributed by atoms with Gasteiger partial charge in [0, 0.05) is 6.04 Å². The van der Waals surface area contributed by atoms with E-state index in [-0.39, 0.29) is 35.7 Å². The van der Waals surface area contributed by atoms with Crippen LogP contribution in [0.1, 0.15) is 32.1 Å². The lowest BCUT2D eigenvalue weighted by Gasteiger charge is -2.35. The maximum atomic E-state index is 11.9. The monoisotopic (exact) mass is 208 g/mol. The highest BCUT2D eigenvalue weighted by Gasteiger charge is 2.60. The van der Waals surface area contributed by atoms with Crippen molar-refractivity contribution in [3.8, 4) is 0 Å². The second kappa shape index (κ2) is 3.04. The van der Waals surface area contributed by atoms with Gasteiger partial charge in [0.25, 0.3) is 0 Å². The summed E-state index contributed by atoms with van der Waals surface area (Å²) in [5.74, 6) is 0.137. The van der Waals surface area contributed by atoms with Crippen LogP contribution in [0.25, 0.3) is 0 Å². The van der Waals surface area contributed by atoms with E-state index in [2.05, 4.69) is 0 Å². The first-order valence-electron chi connectivity index (χ1n) is 5.82. The Balaban J connectivity index is 1.81. The average molecular weight is 208 g/mol. The van der Waals surface area contributed by atoms with Gasteiger partial charge in [-0.2, -0.15) is 0 Å². The van der Waals surface area contributed by atoms with Crippen LogP contribution >= 0.6 is 0 Å². The molecule has 0 radical (unpaired) electrons. The van der Waals surface area contributed by atoms with E-state index in [0.29, 0.717) is 0 Å². The smallest absolute Gasteiger partial charge is 0.233 e. The standard InChI is InChI=1S/C11H16N2O2/c12-8-3-1-2-4-9(8)13-10(14)6-5-7(6)11(13)15/h6-9H,1-5,12H2. The minimum Gasteiger partial charge on any atom is -0.326 e. The minimum absolute atomic E-state index is 0.00384. The molecule has 1 aliphatic heterocycles. The van der Waals surface area contributed by atoms with Gasteiger partial charge in [0.1, 0.15) is 0 Å². The second-order valence-corrected chi connectivity index (χ2v) is 5.01. The largest absolute Gasteiger partial charge is 0.326 e. The van der Waals surface area contributed by atoms with Gasteiger partial charge < -0.3 is 5.73 Å². The lowest BCUT2D eigenvalue weighted by Crippen LogP contribution is -2.52. The average Bonchev–Trinajstić information content (AvgIpc) is 2.96. The third kappa shape index (κ3) is 1.24. The van der Waals surface area contributed by atoms with Crippen molar-refractivity contribution in [3.05, 3.63) is 0 Å². The predicted octanol–water partition coefficient (Wildman–Crippen LogP) is 0.261. The van der Waals surface area contributed by atoms with Crippen molar-refractivity contribution in [2.75, 3.05) is 0 Å². The molecule has 0 aromatic carbocycles. The first-order chi connectivity index (χ1) is 7.20. The van der Waals surface area contributed by atoms with Gasteiger partial charge >= 0.3 is 0 Å². The first kappa shape index (κ1) is 9.33. The number of carbonyl (C=O) groups is 2. The Hall–Kier alpha value is -0.900. The summed E-state index contributed by atoms with van der Waals surface area (Å²) in [6.45, 7) is 0. The number of rotatable bonds is 1. The van der Waals surface area contributed by atoms with E-state index < -0.39 is 0 Å². The van der Waals surface area contributed by atoms with Gasteiger partial charge in [0.15, 0.2) is 0 Å². The molecule has 4 heteroatoms. The van der Waals surface area contributed by atoms with Gasteiger partial charge in [0.05, 0.1) is 17.9 Å². The van der Waals surface area contributed by atoms with Crippen molar-refractivity contribution in [2.45, 2.75) is 44.2 Å². The van der Waals surface area contributed by atoms with Crippen molar-refractivity contribution < 1.29 is 9.59 Å². The molecular weight excluding hydrogens is 192 g/mol. The number of hydrogen-bond donors (Lipinski definition) is 1. The van der Waals surface area contributed by atoms with E-state index in [1.54, 1.807) is 0 Å². The van der Waals surface area contributed by atoms with Crippen LogP contribution < -0.4 is 5.73 Å². The van der Waals surface area contributed by atoms with Crippen LogP contribution in [0, 0.1) is 11.8 Å². The van der Waals surface area contributed by atoms with E-state index in [1.165, 1.54) is 4.90 Å². The van der Waals surface area contributed by atoms with Gasteiger partial charge in [-0.1, -0.05) is 12.8 Å². The number of nitrogens with two attached hydrogens (primary N) is 1. The number of carbonyl (C=O) groups excluding carboxylic acids is 2. The number of nitrogens with zero attached hydrogens (tertiary/aromatic N) is 1. The fourth-order valence-corrected chi connectivity index (χ4v) is 2.99. The number of imide groups is 1. The summed E-state index contributed by atoms with van der Waals surface area (Å²) in [5.41, 5.74) is 6.00. The highest BCUT2D eigenvalue weighted by atomic mass is 16.2. The Bertz CT molecular complexity index is 309. The number of likely N-dealkylation sites (tertiary alicyclic amines) is 1. The first-order valence-corrected chi connectivity index (χ1v) is 5.82. The summed E-state index contributed by atoms with van der Waals surface area (Å²) >= 11 is 0. The molecule has 4 nitrogen and oxygen atoms in total. The summed E-state index contributed by atoms with van der Waals surface area (Å²) in [6.07, 6.45) is 4.84. The van der Waals surface area contributed by atoms with E-state index >= 15 is 0 Å². The van der Waals surface area contributed by atoms with Crippen molar-refractivity contribution in [1.29, 1.82) is 0 Å². The van der Waals surface area contributed by atoms with E-state index in [1.807, 2.05) is 0 Å². The van der Waals surface area contributed by atoms with Gasteiger partial charge in [-0.05, 0) is 19.3 Å². The molecule has 2 aliphatic carbocycles. The van der Waals surface area contributed by atoms with Crippen LogP contribution in [-0.2, 0) is 9.59 Å². The molecule has 3 rings (SSSR count). The molecule has 3 aliphatic rings. The zero-order valence-electron chi connectivity index (χ0n) is 8.69. The zero-order chi connectivity index (χ0) is 10.6. The number of hydrogen-bond acceptors (Lipinski definition) is 3. The molecule has 2 saturated carbocycles. The van der Waals surface area contributed by atoms with Crippen LogP contribution in [0.5, 0.6) is 0 Å². The highest BCUT2D eigenvalue weighted by Crippen LogP contribution is 2.48. The van der Waals surface area contributed by atoms with Gasteiger partial charge in [-0.25, -0.2) is 0 Å². The Morgan fingerprint density at radius 3 is 2.27 bits per heavy atom. The van der Waals surface area contributed by atoms with E-state index in [0.717, 1.165) is 32.1 Å². The molecule has 2 N–H and O–H groups in total. The van der Waals surface area contributed by atoms with Crippen molar-refractivity contribution in [3.63, 3.8) is 0 Å². The Morgan fingerprint density at radius 2 is 1.67 bits per heavy atom. The normalized spacial score (nSPS) is 44.5. The van der Waals surface area contributed by atoms with Gasteiger partial charge in [-0.15, -0.1) is 0 Å². The fraction of sp³-hybridized carbons (Fsp3) is 0.818. The maximum absolute atomic E-state index is 11.9. The topological polar surface area (TPSA) is 63.4 Å². The Morgan fingerprint density at radius 1 is 1.07 bits per heavy atom. The van der Waals surface area contributed by atoms with Crippen molar-refractivity contribution in [2.24, 2.45) is 17.6 Å². The zero-order valence-corrected chi connectivity index (χ0v) is 8.69. The molecule has 15 heavy (non-hydrogen) atoms. The number of piperidine rings is 1. The number of amides is 2. The predicted molar refractivity (Wildman–Crippen MR) is 53.7 cm³/mol. The molecule has 3 fully saturated rings. The second-order valence-electron chi connectivity index (χ2n) is 5.01. The van der Waals surface area contributed by atoms with E-state index in [9.17, 15) is 9.59 Å². The lowest BCUT2D eigenvalue weighted by atomic mass is 9.90. The third-order valence-electron chi connectivity index (χ3n) is 4.01. The summed E-state index contributed by atoms with van der Waals surface area (Å²) in [5, 5.41) is 0. The molecule has 1 saturated heterocycles. The van der Waals surface area contributed by atoms with E-state index in [4.69, 9.17) is 5.73 Å². The molecule has 0 aromatic rings. The van der Waals surface area contributed by atoms with Crippen molar-refractivity contribution >= 4 is 11.8 Å². The molecule has 0 bridgehead atoms. The Labute approximate surface area is 88.8 Å². The SMILES string of the molecule is NC1CCCCC1N1C(=O)C2CC2C1=O. The molecule has 82 valence electrons. The summed E-state index contributed by atoms with van der Waals surface area (Å²) in [7, 11) is 0.